The van der Waals surface area contributed by atoms with E-state index in [0.717, 1.165) is 0 Å². The highest BCUT2D eigenvalue weighted by Gasteiger charge is 2.15. The summed E-state index contributed by atoms with van der Waals surface area (Å²) in [7, 11) is 2.13. The summed E-state index contributed by atoms with van der Waals surface area (Å²) in [4.78, 5) is 2.30. The normalized spacial score (nSPS) is 12.7. The minimum Gasteiger partial charge on any atom is -0.370 e. The fourth-order valence-electron chi connectivity index (χ4n) is 2.10. The molecule has 2 heteroatoms. The van der Waals surface area contributed by atoms with Crippen LogP contribution in [0.1, 0.15) is 29.2 Å². The van der Waals surface area contributed by atoms with E-state index in [0.29, 0.717) is 12.6 Å². The molecule has 2 N–H and O–H groups in total. The average Bonchev–Trinajstić information content (AvgIpc) is 2.25. The van der Waals surface area contributed by atoms with Crippen LogP contribution in [-0.4, -0.2) is 19.6 Å². The van der Waals surface area contributed by atoms with Crippen molar-refractivity contribution in [2.24, 2.45) is 5.73 Å². The lowest BCUT2D eigenvalue weighted by Gasteiger charge is -2.30. The molecule has 0 spiro atoms. The van der Waals surface area contributed by atoms with Gasteiger partial charge < -0.3 is 10.6 Å². The zero-order valence-corrected chi connectivity index (χ0v) is 11.4. The molecule has 16 heavy (non-hydrogen) atoms. The van der Waals surface area contributed by atoms with Gasteiger partial charge >= 0.3 is 0 Å². The SMILES string of the molecule is Cc1cc(C)c(C)c(N(C)C(C)CN)c1C. The third-order valence-corrected chi connectivity index (χ3v) is 3.68. The van der Waals surface area contributed by atoms with Crippen LogP contribution in [-0.2, 0) is 0 Å². The average molecular weight is 220 g/mol. The summed E-state index contributed by atoms with van der Waals surface area (Å²) in [6.07, 6.45) is 0. The molecule has 0 bridgehead atoms. The van der Waals surface area contributed by atoms with Crippen molar-refractivity contribution >= 4 is 5.69 Å². The van der Waals surface area contributed by atoms with Crippen molar-refractivity contribution in [2.45, 2.75) is 40.7 Å². The van der Waals surface area contributed by atoms with Gasteiger partial charge in [-0.2, -0.15) is 0 Å². The third-order valence-electron chi connectivity index (χ3n) is 3.68. The van der Waals surface area contributed by atoms with Crippen LogP contribution >= 0.6 is 0 Å². The first-order valence-corrected chi connectivity index (χ1v) is 5.90. The second-order valence-electron chi connectivity index (χ2n) is 4.80. The minimum absolute atomic E-state index is 0.374. The summed E-state index contributed by atoms with van der Waals surface area (Å²) >= 11 is 0. The van der Waals surface area contributed by atoms with E-state index < -0.39 is 0 Å². The Bertz CT molecular complexity index is 357. The number of nitrogens with two attached hydrogens (primary N) is 1. The molecule has 0 aliphatic carbocycles. The molecule has 0 amide bonds. The zero-order valence-electron chi connectivity index (χ0n) is 11.4. The lowest BCUT2D eigenvalue weighted by Crippen LogP contribution is -2.36. The van der Waals surface area contributed by atoms with E-state index in [9.17, 15) is 0 Å². The maximum Gasteiger partial charge on any atom is 0.0431 e. The standard InChI is InChI=1S/C14H24N2/c1-9-7-10(2)13(5)14(12(9)4)16(6)11(3)8-15/h7,11H,8,15H2,1-6H3. The van der Waals surface area contributed by atoms with Gasteiger partial charge in [0.25, 0.3) is 0 Å². The number of nitrogens with zero attached hydrogens (tertiary/aromatic N) is 1. The molecule has 1 aromatic carbocycles. The molecular weight excluding hydrogens is 196 g/mol. The van der Waals surface area contributed by atoms with Gasteiger partial charge in [-0.05, 0) is 56.9 Å². The summed E-state index contributed by atoms with van der Waals surface area (Å²) in [5.41, 5.74) is 12.5. The highest BCUT2D eigenvalue weighted by Crippen LogP contribution is 2.30. The maximum atomic E-state index is 5.74. The molecule has 0 aromatic heterocycles. The van der Waals surface area contributed by atoms with Gasteiger partial charge in [0.05, 0.1) is 0 Å². The van der Waals surface area contributed by atoms with Crippen LogP contribution in [0, 0.1) is 27.7 Å². The number of likely N-dealkylation sites (N-methyl/N-ethyl adjacent to an activating group) is 1. The predicted octanol–water partition coefficient (Wildman–Crippen LogP) is 2.70. The molecular formula is C14H24N2. The van der Waals surface area contributed by atoms with Gasteiger partial charge in [-0.15, -0.1) is 0 Å². The van der Waals surface area contributed by atoms with Crippen LogP contribution < -0.4 is 10.6 Å². The van der Waals surface area contributed by atoms with Crippen LogP contribution in [0.5, 0.6) is 0 Å². The topological polar surface area (TPSA) is 29.3 Å². The highest BCUT2D eigenvalue weighted by atomic mass is 15.1. The molecule has 0 aliphatic heterocycles. The third kappa shape index (κ3) is 2.22. The quantitative estimate of drug-likeness (QED) is 0.848. The first-order valence-electron chi connectivity index (χ1n) is 5.90. The molecule has 0 aliphatic rings. The molecule has 2 nitrogen and oxygen atoms in total. The Morgan fingerprint density at radius 3 is 1.94 bits per heavy atom. The number of anilines is 1. The number of hydrogen-bond acceptors (Lipinski definition) is 2. The molecule has 1 unspecified atom stereocenters. The highest BCUT2D eigenvalue weighted by molar-refractivity contribution is 5.63. The number of aryl methyl sites for hydroxylation is 2. The Morgan fingerprint density at radius 1 is 1.12 bits per heavy atom. The molecule has 90 valence electrons. The molecule has 1 rings (SSSR count). The minimum atomic E-state index is 0.374. The van der Waals surface area contributed by atoms with Gasteiger partial charge in [-0.25, -0.2) is 0 Å². The van der Waals surface area contributed by atoms with Gasteiger partial charge in [0.2, 0.25) is 0 Å². The summed E-state index contributed by atoms with van der Waals surface area (Å²) in [5, 5.41) is 0. The number of hydrogen-bond donors (Lipinski definition) is 1. The van der Waals surface area contributed by atoms with Crippen molar-refractivity contribution in [3.05, 3.63) is 28.3 Å². The van der Waals surface area contributed by atoms with E-state index in [1.54, 1.807) is 0 Å². The molecule has 0 saturated heterocycles. The molecule has 0 fully saturated rings. The molecule has 0 radical (unpaired) electrons. The van der Waals surface area contributed by atoms with Crippen molar-refractivity contribution in [2.75, 3.05) is 18.5 Å². The maximum absolute atomic E-state index is 5.74. The Kier molecular flexibility index (Phi) is 3.98. The second-order valence-corrected chi connectivity index (χ2v) is 4.80. The van der Waals surface area contributed by atoms with Gasteiger partial charge in [-0.3, -0.25) is 0 Å². The van der Waals surface area contributed by atoms with Crippen molar-refractivity contribution in [1.29, 1.82) is 0 Å². The lowest BCUT2D eigenvalue weighted by atomic mass is 9.97. The van der Waals surface area contributed by atoms with Crippen LogP contribution in [0.3, 0.4) is 0 Å². The van der Waals surface area contributed by atoms with Crippen molar-refractivity contribution in [1.82, 2.24) is 0 Å². The van der Waals surface area contributed by atoms with E-state index in [2.05, 4.69) is 52.6 Å². The summed E-state index contributed by atoms with van der Waals surface area (Å²) in [6, 6.07) is 2.63. The summed E-state index contributed by atoms with van der Waals surface area (Å²) in [6.45, 7) is 11.6. The van der Waals surface area contributed by atoms with E-state index in [4.69, 9.17) is 5.73 Å². The molecule has 1 aromatic rings. The van der Waals surface area contributed by atoms with Crippen LogP contribution in [0.4, 0.5) is 5.69 Å². The van der Waals surface area contributed by atoms with Crippen molar-refractivity contribution in [3.8, 4) is 0 Å². The van der Waals surface area contributed by atoms with E-state index in [1.807, 2.05) is 0 Å². The van der Waals surface area contributed by atoms with Crippen LogP contribution in [0.15, 0.2) is 6.07 Å². The second kappa shape index (κ2) is 4.88. The van der Waals surface area contributed by atoms with Gasteiger partial charge in [0, 0.05) is 25.3 Å². The van der Waals surface area contributed by atoms with Crippen molar-refractivity contribution in [3.63, 3.8) is 0 Å². The summed E-state index contributed by atoms with van der Waals surface area (Å²) < 4.78 is 0. The first-order chi connectivity index (χ1) is 7.40. The summed E-state index contributed by atoms with van der Waals surface area (Å²) in [5.74, 6) is 0. The molecule has 1 atom stereocenters. The van der Waals surface area contributed by atoms with E-state index in [1.165, 1.54) is 27.9 Å². The smallest absolute Gasteiger partial charge is 0.0431 e. The predicted molar refractivity (Wildman–Crippen MR) is 72.3 cm³/mol. The fraction of sp³-hybridized carbons (Fsp3) is 0.571. The number of rotatable bonds is 3. The van der Waals surface area contributed by atoms with Gasteiger partial charge in [-0.1, -0.05) is 6.07 Å². The van der Waals surface area contributed by atoms with Crippen LogP contribution in [0.25, 0.3) is 0 Å². The van der Waals surface area contributed by atoms with Crippen LogP contribution in [0.2, 0.25) is 0 Å². The van der Waals surface area contributed by atoms with Gasteiger partial charge in [0.1, 0.15) is 0 Å². The fourth-order valence-corrected chi connectivity index (χ4v) is 2.10. The monoisotopic (exact) mass is 220 g/mol. The first kappa shape index (κ1) is 13.0. The Labute approximate surface area is 99.5 Å². The van der Waals surface area contributed by atoms with E-state index in [-0.39, 0.29) is 0 Å². The zero-order chi connectivity index (χ0) is 12.5. The van der Waals surface area contributed by atoms with E-state index >= 15 is 0 Å². The lowest BCUT2D eigenvalue weighted by molar-refractivity contribution is 0.691. The Hall–Kier alpha value is -1.02. The van der Waals surface area contributed by atoms with Gasteiger partial charge in [0.15, 0.2) is 0 Å². The largest absolute Gasteiger partial charge is 0.370 e. The number of benzene rings is 1. The molecule has 0 saturated carbocycles. The van der Waals surface area contributed by atoms with Crippen molar-refractivity contribution < 1.29 is 0 Å². The Morgan fingerprint density at radius 2 is 1.56 bits per heavy atom. The molecule has 0 heterocycles. The Balaban J connectivity index is 3.31.